The Balaban J connectivity index is 2.39. The fraction of sp³-hybridized carbons (Fsp3) is 0.429. The van der Waals surface area contributed by atoms with Gasteiger partial charge >= 0.3 is 0 Å². The van der Waals surface area contributed by atoms with Crippen molar-refractivity contribution in [1.82, 2.24) is 9.97 Å². The Labute approximate surface area is 59.3 Å². The van der Waals surface area contributed by atoms with E-state index in [9.17, 15) is 0 Å². The van der Waals surface area contributed by atoms with E-state index in [1.807, 2.05) is 0 Å². The number of nitrogen functional groups attached to an aromatic ring is 1. The fourth-order valence-corrected chi connectivity index (χ4v) is 1.03. The maximum absolute atomic E-state index is 5.59. The molecule has 0 aromatic carbocycles. The summed E-state index contributed by atoms with van der Waals surface area (Å²) >= 11 is 0. The van der Waals surface area contributed by atoms with Gasteiger partial charge in [0.1, 0.15) is 5.82 Å². The SMILES string of the molecule is Nc1nccnc1C1CC1. The molecular formula is C7H9N3. The number of rotatable bonds is 1. The van der Waals surface area contributed by atoms with Crippen LogP contribution in [0.1, 0.15) is 24.5 Å². The Morgan fingerprint density at radius 2 is 2.00 bits per heavy atom. The molecule has 10 heavy (non-hydrogen) atoms. The Kier molecular flexibility index (Phi) is 1.09. The van der Waals surface area contributed by atoms with Crippen molar-refractivity contribution >= 4 is 5.82 Å². The van der Waals surface area contributed by atoms with E-state index in [1.54, 1.807) is 12.4 Å². The quantitative estimate of drug-likeness (QED) is 0.623. The van der Waals surface area contributed by atoms with Crippen molar-refractivity contribution in [2.45, 2.75) is 18.8 Å². The summed E-state index contributed by atoms with van der Waals surface area (Å²) in [6.45, 7) is 0. The molecule has 1 aromatic rings. The first-order chi connectivity index (χ1) is 4.88. The lowest BCUT2D eigenvalue weighted by Gasteiger charge is -1.97. The molecule has 1 aromatic heterocycles. The molecule has 0 aliphatic heterocycles. The summed E-state index contributed by atoms with van der Waals surface area (Å²) < 4.78 is 0. The smallest absolute Gasteiger partial charge is 0.145 e. The Morgan fingerprint density at radius 1 is 1.30 bits per heavy atom. The van der Waals surface area contributed by atoms with Crippen molar-refractivity contribution in [1.29, 1.82) is 0 Å². The second-order valence-electron chi connectivity index (χ2n) is 2.60. The van der Waals surface area contributed by atoms with Crippen LogP contribution in [-0.2, 0) is 0 Å². The van der Waals surface area contributed by atoms with E-state index in [0.717, 1.165) is 5.69 Å². The standard InChI is InChI=1S/C7H9N3/c8-7-6(5-1-2-5)9-3-4-10-7/h3-5H,1-2H2,(H2,8,10). The van der Waals surface area contributed by atoms with E-state index in [4.69, 9.17) is 5.73 Å². The van der Waals surface area contributed by atoms with Gasteiger partial charge in [-0.3, -0.25) is 4.98 Å². The van der Waals surface area contributed by atoms with E-state index in [-0.39, 0.29) is 0 Å². The molecule has 0 radical (unpaired) electrons. The third-order valence-electron chi connectivity index (χ3n) is 1.72. The number of aromatic nitrogens is 2. The van der Waals surface area contributed by atoms with Crippen molar-refractivity contribution in [2.24, 2.45) is 0 Å². The molecule has 2 rings (SSSR count). The van der Waals surface area contributed by atoms with Crippen LogP contribution in [0.25, 0.3) is 0 Å². The molecule has 3 nitrogen and oxygen atoms in total. The minimum Gasteiger partial charge on any atom is -0.382 e. The fourth-order valence-electron chi connectivity index (χ4n) is 1.03. The van der Waals surface area contributed by atoms with Crippen LogP contribution in [0.5, 0.6) is 0 Å². The van der Waals surface area contributed by atoms with Gasteiger partial charge < -0.3 is 5.73 Å². The highest BCUT2D eigenvalue weighted by Gasteiger charge is 2.27. The maximum Gasteiger partial charge on any atom is 0.145 e. The van der Waals surface area contributed by atoms with Crippen LogP contribution >= 0.6 is 0 Å². The third-order valence-corrected chi connectivity index (χ3v) is 1.72. The second kappa shape index (κ2) is 1.94. The van der Waals surface area contributed by atoms with E-state index in [1.165, 1.54) is 12.8 Å². The summed E-state index contributed by atoms with van der Waals surface area (Å²) in [6.07, 6.45) is 5.77. The van der Waals surface area contributed by atoms with Gasteiger partial charge in [0, 0.05) is 18.3 Å². The summed E-state index contributed by atoms with van der Waals surface area (Å²) in [4.78, 5) is 8.11. The van der Waals surface area contributed by atoms with Crippen LogP contribution in [0.4, 0.5) is 5.82 Å². The van der Waals surface area contributed by atoms with Gasteiger partial charge in [-0.15, -0.1) is 0 Å². The second-order valence-corrected chi connectivity index (χ2v) is 2.60. The Bertz CT molecular complexity index is 242. The summed E-state index contributed by atoms with van der Waals surface area (Å²) in [5.41, 5.74) is 6.58. The van der Waals surface area contributed by atoms with E-state index in [2.05, 4.69) is 9.97 Å². The Hall–Kier alpha value is -1.12. The van der Waals surface area contributed by atoms with Gasteiger partial charge in [-0.25, -0.2) is 4.98 Å². The van der Waals surface area contributed by atoms with Gasteiger partial charge in [0.2, 0.25) is 0 Å². The molecule has 0 spiro atoms. The lowest BCUT2D eigenvalue weighted by molar-refractivity contribution is 0.998. The predicted octanol–water partition coefficient (Wildman–Crippen LogP) is 0.936. The third kappa shape index (κ3) is 0.835. The summed E-state index contributed by atoms with van der Waals surface area (Å²) in [7, 11) is 0. The lowest BCUT2D eigenvalue weighted by Crippen LogP contribution is -1.97. The number of hydrogen-bond acceptors (Lipinski definition) is 3. The van der Waals surface area contributed by atoms with Crippen LogP contribution in [0.3, 0.4) is 0 Å². The van der Waals surface area contributed by atoms with Gasteiger partial charge in [-0.1, -0.05) is 0 Å². The molecule has 2 N–H and O–H groups in total. The highest BCUT2D eigenvalue weighted by atomic mass is 14.9. The highest BCUT2D eigenvalue weighted by Crippen LogP contribution is 2.40. The molecule has 0 unspecified atom stereocenters. The van der Waals surface area contributed by atoms with Crippen LogP contribution in [0.2, 0.25) is 0 Å². The first kappa shape index (κ1) is 5.65. The van der Waals surface area contributed by atoms with Crippen molar-refractivity contribution in [3.8, 4) is 0 Å². The number of nitrogens with zero attached hydrogens (tertiary/aromatic N) is 2. The maximum atomic E-state index is 5.59. The molecular weight excluding hydrogens is 126 g/mol. The normalized spacial score (nSPS) is 17.2. The van der Waals surface area contributed by atoms with Crippen molar-refractivity contribution in [3.05, 3.63) is 18.1 Å². The first-order valence-corrected chi connectivity index (χ1v) is 3.44. The zero-order valence-electron chi connectivity index (χ0n) is 5.62. The van der Waals surface area contributed by atoms with Gasteiger partial charge in [0.15, 0.2) is 0 Å². The first-order valence-electron chi connectivity index (χ1n) is 3.44. The molecule has 1 heterocycles. The van der Waals surface area contributed by atoms with Crippen molar-refractivity contribution in [2.75, 3.05) is 5.73 Å². The largest absolute Gasteiger partial charge is 0.382 e. The summed E-state index contributed by atoms with van der Waals surface area (Å²) in [5, 5.41) is 0. The molecule has 3 heteroatoms. The minimum absolute atomic E-state index is 0.602. The molecule has 0 saturated heterocycles. The van der Waals surface area contributed by atoms with Gasteiger partial charge in [-0.2, -0.15) is 0 Å². The van der Waals surface area contributed by atoms with Crippen LogP contribution in [0, 0.1) is 0 Å². The summed E-state index contributed by atoms with van der Waals surface area (Å²) in [6, 6.07) is 0. The van der Waals surface area contributed by atoms with Crippen LogP contribution in [-0.4, -0.2) is 9.97 Å². The molecule has 1 saturated carbocycles. The van der Waals surface area contributed by atoms with E-state index < -0.39 is 0 Å². The topological polar surface area (TPSA) is 51.8 Å². The zero-order valence-corrected chi connectivity index (χ0v) is 5.62. The number of anilines is 1. The molecule has 0 atom stereocenters. The Morgan fingerprint density at radius 3 is 2.60 bits per heavy atom. The number of hydrogen-bond donors (Lipinski definition) is 1. The average Bonchev–Trinajstić information content (AvgIpc) is 2.71. The molecule has 52 valence electrons. The van der Waals surface area contributed by atoms with E-state index in [0.29, 0.717) is 11.7 Å². The average molecular weight is 135 g/mol. The van der Waals surface area contributed by atoms with Crippen LogP contribution in [0.15, 0.2) is 12.4 Å². The predicted molar refractivity (Wildman–Crippen MR) is 38.4 cm³/mol. The summed E-state index contributed by atoms with van der Waals surface area (Å²) in [5.74, 6) is 1.21. The van der Waals surface area contributed by atoms with E-state index >= 15 is 0 Å². The van der Waals surface area contributed by atoms with Crippen molar-refractivity contribution < 1.29 is 0 Å². The monoisotopic (exact) mass is 135 g/mol. The van der Waals surface area contributed by atoms with Gasteiger partial charge in [-0.05, 0) is 12.8 Å². The zero-order chi connectivity index (χ0) is 6.97. The number of nitrogens with two attached hydrogens (primary N) is 1. The minimum atomic E-state index is 0.602. The van der Waals surface area contributed by atoms with Gasteiger partial charge in [0.05, 0.1) is 5.69 Å². The van der Waals surface area contributed by atoms with Crippen molar-refractivity contribution in [3.63, 3.8) is 0 Å². The molecule has 1 aliphatic carbocycles. The molecule has 0 bridgehead atoms. The van der Waals surface area contributed by atoms with Crippen LogP contribution < -0.4 is 5.73 Å². The molecule has 1 fully saturated rings. The van der Waals surface area contributed by atoms with Gasteiger partial charge in [0.25, 0.3) is 0 Å². The molecule has 1 aliphatic rings. The highest BCUT2D eigenvalue weighted by molar-refractivity contribution is 5.37. The molecule has 0 amide bonds. The lowest BCUT2D eigenvalue weighted by atomic mass is 10.3.